The van der Waals surface area contributed by atoms with Crippen molar-refractivity contribution in [3.8, 4) is 17.2 Å². The van der Waals surface area contributed by atoms with E-state index in [0.29, 0.717) is 24.7 Å². The van der Waals surface area contributed by atoms with Crippen LogP contribution in [0.4, 0.5) is 0 Å². The van der Waals surface area contributed by atoms with E-state index in [0.717, 1.165) is 0 Å². The van der Waals surface area contributed by atoms with Crippen LogP contribution in [0.15, 0.2) is 12.1 Å². The molecule has 1 aromatic rings. The predicted molar refractivity (Wildman–Crippen MR) is 50.4 cm³/mol. The quantitative estimate of drug-likeness (QED) is 0.754. The van der Waals surface area contributed by atoms with Crippen LogP contribution >= 0.6 is 0 Å². The van der Waals surface area contributed by atoms with Crippen molar-refractivity contribution in [2.24, 2.45) is 0 Å². The highest BCUT2D eigenvalue weighted by Gasteiger charge is 2.20. The molecule has 2 N–H and O–H groups in total. The molecule has 1 aliphatic heterocycles. The number of aliphatic carboxylic acids is 1. The van der Waals surface area contributed by atoms with Gasteiger partial charge in [-0.3, -0.25) is 4.79 Å². The zero-order valence-corrected chi connectivity index (χ0v) is 7.90. The second kappa shape index (κ2) is 3.68. The van der Waals surface area contributed by atoms with E-state index in [1.165, 1.54) is 6.07 Å². The van der Waals surface area contributed by atoms with Crippen LogP contribution in [0.3, 0.4) is 0 Å². The molecule has 0 saturated carbocycles. The minimum Gasteiger partial charge on any atom is -0.508 e. The fraction of sp³-hybridized carbons (Fsp3) is 0.300. The first kappa shape index (κ1) is 9.64. The van der Waals surface area contributed by atoms with E-state index in [1.54, 1.807) is 6.07 Å². The second-order valence-electron chi connectivity index (χ2n) is 3.16. The van der Waals surface area contributed by atoms with Gasteiger partial charge in [-0.2, -0.15) is 0 Å². The summed E-state index contributed by atoms with van der Waals surface area (Å²) in [6.45, 7) is 0.799. The maximum atomic E-state index is 10.6. The van der Waals surface area contributed by atoms with E-state index in [1.807, 2.05) is 0 Å². The zero-order valence-electron chi connectivity index (χ0n) is 7.90. The normalized spacial score (nSPS) is 13.6. The monoisotopic (exact) mass is 210 g/mol. The Morgan fingerprint density at radius 1 is 1.33 bits per heavy atom. The molecule has 0 atom stereocenters. The SMILES string of the molecule is O=C(O)Cc1c(O)ccc2c1OCCO2. The fourth-order valence-corrected chi connectivity index (χ4v) is 1.49. The summed E-state index contributed by atoms with van der Waals surface area (Å²) >= 11 is 0. The van der Waals surface area contributed by atoms with Gasteiger partial charge < -0.3 is 19.7 Å². The zero-order chi connectivity index (χ0) is 10.8. The van der Waals surface area contributed by atoms with Gasteiger partial charge in [0.25, 0.3) is 0 Å². The Balaban J connectivity index is 2.45. The third kappa shape index (κ3) is 1.81. The number of phenols is 1. The minimum atomic E-state index is -1.02. The smallest absolute Gasteiger partial charge is 0.308 e. The first-order valence-electron chi connectivity index (χ1n) is 4.50. The lowest BCUT2D eigenvalue weighted by atomic mass is 10.1. The van der Waals surface area contributed by atoms with Gasteiger partial charge in [0.05, 0.1) is 12.0 Å². The maximum Gasteiger partial charge on any atom is 0.308 e. The molecule has 0 spiro atoms. The summed E-state index contributed by atoms with van der Waals surface area (Å²) in [5, 5.41) is 18.2. The van der Waals surface area contributed by atoms with Crippen LogP contribution in [0.25, 0.3) is 0 Å². The lowest BCUT2D eigenvalue weighted by molar-refractivity contribution is -0.136. The number of hydrogen-bond acceptors (Lipinski definition) is 4. The number of phenolic OH excluding ortho intramolecular Hbond substituents is 1. The van der Waals surface area contributed by atoms with Crippen LogP contribution < -0.4 is 9.47 Å². The molecule has 1 aromatic carbocycles. The number of carboxylic acids is 1. The van der Waals surface area contributed by atoms with Crippen molar-refractivity contribution in [1.82, 2.24) is 0 Å². The number of rotatable bonds is 2. The first-order chi connectivity index (χ1) is 7.18. The van der Waals surface area contributed by atoms with Crippen molar-refractivity contribution in [1.29, 1.82) is 0 Å². The molecule has 0 amide bonds. The average Bonchev–Trinajstić information content (AvgIpc) is 2.22. The number of benzene rings is 1. The van der Waals surface area contributed by atoms with Crippen LogP contribution in [0.1, 0.15) is 5.56 Å². The third-order valence-electron chi connectivity index (χ3n) is 2.11. The van der Waals surface area contributed by atoms with Crippen molar-refractivity contribution >= 4 is 5.97 Å². The summed E-state index contributed by atoms with van der Waals surface area (Å²) in [4.78, 5) is 10.6. The average molecular weight is 210 g/mol. The van der Waals surface area contributed by atoms with E-state index in [9.17, 15) is 9.90 Å². The van der Waals surface area contributed by atoms with Crippen LogP contribution in [0, 0.1) is 0 Å². The molecule has 0 saturated heterocycles. The molecule has 5 nitrogen and oxygen atoms in total. The molecular formula is C10H10O5. The number of carboxylic acid groups (broad SMARTS) is 1. The van der Waals surface area contributed by atoms with Gasteiger partial charge in [0.2, 0.25) is 0 Å². The Morgan fingerprint density at radius 3 is 2.80 bits per heavy atom. The minimum absolute atomic E-state index is 0.0818. The first-order valence-corrected chi connectivity index (χ1v) is 4.50. The van der Waals surface area contributed by atoms with Crippen molar-refractivity contribution < 1.29 is 24.5 Å². The van der Waals surface area contributed by atoms with E-state index in [4.69, 9.17) is 14.6 Å². The summed E-state index contributed by atoms with van der Waals surface area (Å²) in [6.07, 6.45) is -0.279. The van der Waals surface area contributed by atoms with Gasteiger partial charge in [-0.1, -0.05) is 0 Å². The highest BCUT2D eigenvalue weighted by atomic mass is 16.6. The molecule has 0 radical (unpaired) electrons. The van der Waals surface area contributed by atoms with Crippen molar-refractivity contribution in [3.63, 3.8) is 0 Å². The van der Waals surface area contributed by atoms with Gasteiger partial charge in [-0.25, -0.2) is 0 Å². The van der Waals surface area contributed by atoms with Gasteiger partial charge in [-0.05, 0) is 12.1 Å². The van der Waals surface area contributed by atoms with Crippen LogP contribution in [-0.4, -0.2) is 29.4 Å². The lowest BCUT2D eigenvalue weighted by Crippen LogP contribution is -2.17. The highest BCUT2D eigenvalue weighted by Crippen LogP contribution is 2.38. The van der Waals surface area contributed by atoms with Gasteiger partial charge in [0, 0.05) is 0 Å². The Hall–Kier alpha value is -1.91. The number of aromatic hydroxyl groups is 1. The number of ether oxygens (including phenoxy) is 2. The van der Waals surface area contributed by atoms with Gasteiger partial charge in [0.15, 0.2) is 11.5 Å². The Morgan fingerprint density at radius 2 is 2.07 bits per heavy atom. The highest BCUT2D eigenvalue weighted by molar-refractivity contribution is 5.74. The molecule has 1 aliphatic rings. The largest absolute Gasteiger partial charge is 0.508 e. The van der Waals surface area contributed by atoms with Crippen molar-refractivity contribution in [2.75, 3.05) is 13.2 Å². The van der Waals surface area contributed by atoms with E-state index >= 15 is 0 Å². The number of fused-ring (bicyclic) bond motifs is 1. The summed E-state index contributed by atoms with van der Waals surface area (Å²) in [5.41, 5.74) is 0.264. The van der Waals surface area contributed by atoms with E-state index < -0.39 is 5.97 Å². The standard InChI is InChI=1S/C10H10O5/c11-7-1-2-8-10(15-4-3-14-8)6(7)5-9(12)13/h1-2,11H,3-5H2,(H,12,13). The molecule has 0 unspecified atom stereocenters. The van der Waals surface area contributed by atoms with Gasteiger partial charge >= 0.3 is 5.97 Å². The Labute approximate surface area is 85.9 Å². The van der Waals surface area contributed by atoms with Crippen LogP contribution in [-0.2, 0) is 11.2 Å². The molecule has 5 heteroatoms. The molecule has 1 heterocycles. The number of hydrogen-bond donors (Lipinski definition) is 2. The van der Waals surface area contributed by atoms with Gasteiger partial charge in [0.1, 0.15) is 19.0 Å². The third-order valence-corrected chi connectivity index (χ3v) is 2.11. The van der Waals surface area contributed by atoms with Crippen LogP contribution in [0.2, 0.25) is 0 Å². The van der Waals surface area contributed by atoms with Crippen molar-refractivity contribution in [3.05, 3.63) is 17.7 Å². The molecule has 80 valence electrons. The van der Waals surface area contributed by atoms with Crippen molar-refractivity contribution in [2.45, 2.75) is 6.42 Å². The Kier molecular flexibility index (Phi) is 2.37. The molecule has 0 bridgehead atoms. The Bertz CT molecular complexity index is 399. The second-order valence-corrected chi connectivity index (χ2v) is 3.16. The maximum absolute atomic E-state index is 10.6. The van der Waals surface area contributed by atoms with Crippen LogP contribution in [0.5, 0.6) is 17.2 Å². The molecular weight excluding hydrogens is 200 g/mol. The molecule has 0 aliphatic carbocycles. The molecule has 0 aromatic heterocycles. The lowest BCUT2D eigenvalue weighted by Gasteiger charge is -2.21. The molecule has 0 fully saturated rings. The summed E-state index contributed by atoms with van der Waals surface area (Å²) < 4.78 is 10.6. The topological polar surface area (TPSA) is 76.0 Å². The summed E-state index contributed by atoms with van der Waals surface area (Å²) in [6, 6.07) is 2.97. The fourth-order valence-electron chi connectivity index (χ4n) is 1.49. The number of carbonyl (C=O) groups is 1. The predicted octanol–water partition coefficient (Wildman–Crippen LogP) is 0.790. The van der Waals surface area contributed by atoms with E-state index in [-0.39, 0.29) is 17.7 Å². The van der Waals surface area contributed by atoms with E-state index in [2.05, 4.69) is 0 Å². The summed E-state index contributed by atoms with van der Waals surface area (Å²) in [5.74, 6) is -0.284. The molecule has 15 heavy (non-hydrogen) atoms. The summed E-state index contributed by atoms with van der Waals surface area (Å²) in [7, 11) is 0. The van der Waals surface area contributed by atoms with Gasteiger partial charge in [-0.15, -0.1) is 0 Å². The molecule has 2 rings (SSSR count).